The van der Waals surface area contributed by atoms with Gasteiger partial charge in [-0.05, 0) is 17.7 Å². The Morgan fingerprint density at radius 3 is 2.43 bits per heavy atom. The summed E-state index contributed by atoms with van der Waals surface area (Å²) >= 11 is 0. The standard InChI is InChI=1S/C9H10N4O/c14-9-3-1-8(2-4-9)5-12-13-6-10-11-7-13/h1-4,6-7,12,14H,5H2. The van der Waals surface area contributed by atoms with Crippen LogP contribution in [0.15, 0.2) is 36.9 Å². The highest BCUT2D eigenvalue weighted by molar-refractivity contribution is 5.26. The summed E-state index contributed by atoms with van der Waals surface area (Å²) < 4.78 is 1.67. The number of phenols is 1. The van der Waals surface area contributed by atoms with Gasteiger partial charge < -0.3 is 10.5 Å². The summed E-state index contributed by atoms with van der Waals surface area (Å²) in [5.41, 5.74) is 4.15. The van der Waals surface area contributed by atoms with Gasteiger partial charge in [0.2, 0.25) is 0 Å². The average molecular weight is 190 g/mol. The van der Waals surface area contributed by atoms with Gasteiger partial charge in [-0.3, -0.25) is 0 Å². The number of benzene rings is 1. The molecule has 0 saturated carbocycles. The molecular formula is C9H10N4O. The minimum absolute atomic E-state index is 0.276. The lowest BCUT2D eigenvalue weighted by Crippen LogP contribution is -2.11. The first-order chi connectivity index (χ1) is 6.84. The minimum Gasteiger partial charge on any atom is -0.508 e. The van der Waals surface area contributed by atoms with Crippen molar-refractivity contribution in [3.63, 3.8) is 0 Å². The molecule has 5 heteroatoms. The number of phenolic OH excluding ortho intramolecular Hbond substituents is 1. The third-order valence-electron chi connectivity index (χ3n) is 1.82. The van der Waals surface area contributed by atoms with Crippen LogP contribution in [0.4, 0.5) is 0 Å². The van der Waals surface area contributed by atoms with Gasteiger partial charge in [-0.25, -0.2) is 4.68 Å². The Kier molecular flexibility index (Phi) is 2.31. The first kappa shape index (κ1) is 8.55. The van der Waals surface area contributed by atoms with Crippen LogP contribution in [0.5, 0.6) is 5.75 Å². The fourth-order valence-corrected chi connectivity index (χ4v) is 1.08. The Labute approximate surface area is 81.0 Å². The van der Waals surface area contributed by atoms with Gasteiger partial charge in [0.15, 0.2) is 0 Å². The van der Waals surface area contributed by atoms with Gasteiger partial charge >= 0.3 is 0 Å². The van der Waals surface area contributed by atoms with E-state index in [9.17, 15) is 0 Å². The molecular weight excluding hydrogens is 180 g/mol. The van der Waals surface area contributed by atoms with Crippen LogP contribution in [0.2, 0.25) is 0 Å². The molecule has 0 aliphatic carbocycles. The van der Waals surface area contributed by atoms with E-state index in [1.807, 2.05) is 12.1 Å². The van der Waals surface area contributed by atoms with Crippen LogP contribution in [0.3, 0.4) is 0 Å². The number of aromatic hydroxyl groups is 1. The molecule has 0 unspecified atom stereocenters. The Morgan fingerprint density at radius 1 is 1.14 bits per heavy atom. The smallest absolute Gasteiger partial charge is 0.138 e. The number of nitrogens with one attached hydrogen (secondary N) is 1. The van der Waals surface area contributed by atoms with E-state index in [4.69, 9.17) is 5.11 Å². The zero-order chi connectivity index (χ0) is 9.80. The summed E-state index contributed by atoms with van der Waals surface area (Å²) in [4.78, 5) is 0. The third kappa shape index (κ3) is 2.01. The van der Waals surface area contributed by atoms with E-state index in [2.05, 4.69) is 15.6 Å². The molecule has 0 aliphatic rings. The van der Waals surface area contributed by atoms with Gasteiger partial charge in [-0.2, -0.15) is 0 Å². The lowest BCUT2D eigenvalue weighted by molar-refractivity contribution is 0.475. The lowest BCUT2D eigenvalue weighted by atomic mass is 10.2. The van der Waals surface area contributed by atoms with Crippen molar-refractivity contribution < 1.29 is 5.11 Å². The normalized spacial score (nSPS) is 10.0. The fraction of sp³-hybridized carbons (Fsp3) is 0.111. The number of aromatic nitrogens is 3. The van der Waals surface area contributed by atoms with Gasteiger partial charge in [0.1, 0.15) is 18.4 Å². The molecule has 1 aromatic carbocycles. The SMILES string of the molecule is Oc1ccc(CNn2cnnc2)cc1. The number of rotatable bonds is 3. The molecule has 1 aromatic heterocycles. The molecule has 0 bridgehead atoms. The summed E-state index contributed by atoms with van der Waals surface area (Å²) in [6.45, 7) is 0.665. The van der Waals surface area contributed by atoms with Gasteiger partial charge in [0.05, 0.1) is 6.54 Å². The molecule has 0 amide bonds. The highest BCUT2D eigenvalue weighted by Crippen LogP contribution is 2.09. The molecule has 0 spiro atoms. The van der Waals surface area contributed by atoms with Crippen LogP contribution in [-0.4, -0.2) is 20.0 Å². The Bertz CT molecular complexity index is 382. The number of hydrogen-bond acceptors (Lipinski definition) is 4. The molecule has 5 nitrogen and oxygen atoms in total. The van der Waals surface area contributed by atoms with Crippen LogP contribution in [0, 0.1) is 0 Å². The topological polar surface area (TPSA) is 63.0 Å². The summed E-state index contributed by atoms with van der Waals surface area (Å²) in [7, 11) is 0. The first-order valence-electron chi connectivity index (χ1n) is 4.21. The molecule has 0 radical (unpaired) electrons. The van der Waals surface area contributed by atoms with E-state index in [0.29, 0.717) is 6.54 Å². The van der Waals surface area contributed by atoms with Crippen molar-refractivity contribution in [2.24, 2.45) is 0 Å². The zero-order valence-corrected chi connectivity index (χ0v) is 7.46. The molecule has 2 aromatic rings. The van der Waals surface area contributed by atoms with Crippen LogP contribution in [0.25, 0.3) is 0 Å². The maximum absolute atomic E-state index is 9.06. The minimum atomic E-state index is 0.276. The lowest BCUT2D eigenvalue weighted by Gasteiger charge is -2.05. The van der Waals surface area contributed by atoms with Crippen molar-refractivity contribution in [3.8, 4) is 5.75 Å². The average Bonchev–Trinajstić information content (AvgIpc) is 2.70. The Morgan fingerprint density at radius 2 is 1.79 bits per heavy atom. The van der Waals surface area contributed by atoms with Gasteiger partial charge in [-0.15, -0.1) is 10.2 Å². The maximum atomic E-state index is 9.06. The zero-order valence-electron chi connectivity index (χ0n) is 7.46. The highest BCUT2D eigenvalue weighted by Gasteiger charge is 1.93. The molecule has 14 heavy (non-hydrogen) atoms. The van der Waals surface area contributed by atoms with Gasteiger partial charge in [-0.1, -0.05) is 12.1 Å². The van der Waals surface area contributed by atoms with Gasteiger partial charge in [0, 0.05) is 0 Å². The van der Waals surface area contributed by atoms with Crippen molar-refractivity contribution in [2.75, 3.05) is 5.43 Å². The van der Waals surface area contributed by atoms with E-state index < -0.39 is 0 Å². The summed E-state index contributed by atoms with van der Waals surface area (Å²) in [5, 5.41) is 16.4. The van der Waals surface area contributed by atoms with Gasteiger partial charge in [0.25, 0.3) is 0 Å². The number of nitrogens with zero attached hydrogens (tertiary/aromatic N) is 3. The second-order valence-corrected chi connectivity index (χ2v) is 2.87. The monoisotopic (exact) mass is 190 g/mol. The second-order valence-electron chi connectivity index (χ2n) is 2.87. The van der Waals surface area contributed by atoms with Crippen molar-refractivity contribution in [1.82, 2.24) is 14.9 Å². The van der Waals surface area contributed by atoms with Crippen molar-refractivity contribution in [2.45, 2.75) is 6.54 Å². The summed E-state index contributed by atoms with van der Waals surface area (Å²) in [6.07, 6.45) is 3.17. The molecule has 2 N–H and O–H groups in total. The fourth-order valence-electron chi connectivity index (χ4n) is 1.08. The molecule has 0 atom stereocenters. The van der Waals surface area contributed by atoms with E-state index in [-0.39, 0.29) is 5.75 Å². The Hall–Kier alpha value is -2.04. The summed E-state index contributed by atoms with van der Waals surface area (Å²) in [5.74, 6) is 0.276. The first-order valence-corrected chi connectivity index (χ1v) is 4.21. The molecule has 1 heterocycles. The third-order valence-corrected chi connectivity index (χ3v) is 1.82. The highest BCUT2D eigenvalue weighted by atomic mass is 16.3. The molecule has 0 fully saturated rings. The van der Waals surface area contributed by atoms with Crippen LogP contribution in [0.1, 0.15) is 5.56 Å². The van der Waals surface area contributed by atoms with Crippen LogP contribution >= 0.6 is 0 Å². The van der Waals surface area contributed by atoms with E-state index in [0.717, 1.165) is 5.56 Å². The number of hydrogen-bond donors (Lipinski definition) is 2. The Balaban J connectivity index is 1.95. The van der Waals surface area contributed by atoms with Crippen LogP contribution < -0.4 is 5.43 Å². The predicted octanol–water partition coefficient (Wildman–Crippen LogP) is 0.727. The quantitative estimate of drug-likeness (QED) is 0.748. The van der Waals surface area contributed by atoms with Crippen molar-refractivity contribution in [1.29, 1.82) is 0 Å². The van der Waals surface area contributed by atoms with Crippen LogP contribution in [-0.2, 0) is 6.54 Å². The van der Waals surface area contributed by atoms with Crippen molar-refractivity contribution >= 4 is 0 Å². The van der Waals surface area contributed by atoms with E-state index in [1.165, 1.54) is 0 Å². The maximum Gasteiger partial charge on any atom is 0.138 e. The summed E-state index contributed by atoms with van der Waals surface area (Å²) in [6, 6.07) is 7.02. The van der Waals surface area contributed by atoms with Crippen molar-refractivity contribution in [3.05, 3.63) is 42.5 Å². The predicted molar refractivity (Wildman–Crippen MR) is 51.2 cm³/mol. The molecule has 2 rings (SSSR count). The molecule has 0 aliphatic heterocycles. The molecule has 0 saturated heterocycles. The largest absolute Gasteiger partial charge is 0.508 e. The van der Waals surface area contributed by atoms with E-state index in [1.54, 1.807) is 29.5 Å². The molecule has 72 valence electrons. The second kappa shape index (κ2) is 3.78. The van der Waals surface area contributed by atoms with E-state index >= 15 is 0 Å².